The van der Waals surface area contributed by atoms with Crippen molar-refractivity contribution in [2.75, 3.05) is 11.9 Å². The molecule has 148 valence electrons. The van der Waals surface area contributed by atoms with E-state index in [1.54, 1.807) is 72.8 Å². The molecule has 3 aromatic rings. The van der Waals surface area contributed by atoms with Crippen molar-refractivity contribution in [3.8, 4) is 5.75 Å². The number of carbonyl (C=O) groups excluding carboxylic acids is 2. The zero-order valence-electron chi connectivity index (χ0n) is 15.9. The van der Waals surface area contributed by atoms with Crippen molar-refractivity contribution in [1.29, 1.82) is 0 Å². The van der Waals surface area contributed by atoms with Crippen LogP contribution in [0, 0.1) is 0 Å². The molecule has 0 fully saturated rings. The van der Waals surface area contributed by atoms with E-state index in [0.29, 0.717) is 28.4 Å². The molecular weight excluding hydrogens is 388 g/mol. The lowest BCUT2D eigenvalue weighted by atomic mass is 10.1. The van der Waals surface area contributed by atoms with Gasteiger partial charge in [-0.1, -0.05) is 41.9 Å². The van der Waals surface area contributed by atoms with Gasteiger partial charge in [0.2, 0.25) is 5.78 Å². The summed E-state index contributed by atoms with van der Waals surface area (Å²) in [4.78, 5) is 25.7. The minimum atomic E-state index is -0.946. The number of Topliss-reactive ketones (excluding diaryl/α,β-unsaturated/α-hetero) is 1. The lowest BCUT2D eigenvalue weighted by Gasteiger charge is -2.21. The van der Waals surface area contributed by atoms with Gasteiger partial charge in [0.25, 0.3) is 5.91 Å². The van der Waals surface area contributed by atoms with Crippen LogP contribution < -0.4 is 15.4 Å². The average Bonchev–Trinajstić information content (AvgIpc) is 2.75. The van der Waals surface area contributed by atoms with Crippen LogP contribution in [0.4, 0.5) is 5.69 Å². The van der Waals surface area contributed by atoms with Crippen molar-refractivity contribution in [2.24, 2.45) is 0 Å². The predicted molar refractivity (Wildman–Crippen MR) is 115 cm³/mol. The third-order valence-electron chi connectivity index (χ3n) is 4.18. The standard InChI is InChI=1S/C23H21ClN2O3/c1-2-29-20-14-12-19(13-15-20)25-22(21(27)16-6-4-3-5-7-16)26-23(28)17-8-10-18(24)11-9-17/h3-15,22,25H,2H2,1H3,(H,26,28)/t22-/m1/s1. The van der Waals surface area contributed by atoms with Gasteiger partial charge in [-0.15, -0.1) is 0 Å². The maximum Gasteiger partial charge on any atom is 0.253 e. The van der Waals surface area contributed by atoms with E-state index in [1.165, 1.54) is 0 Å². The molecule has 0 bridgehead atoms. The number of anilines is 1. The van der Waals surface area contributed by atoms with Gasteiger partial charge in [-0.3, -0.25) is 9.59 Å². The fourth-order valence-corrected chi connectivity index (χ4v) is 2.86. The number of benzene rings is 3. The molecule has 0 aliphatic rings. The van der Waals surface area contributed by atoms with E-state index in [-0.39, 0.29) is 11.7 Å². The van der Waals surface area contributed by atoms with E-state index >= 15 is 0 Å². The number of rotatable bonds is 8. The summed E-state index contributed by atoms with van der Waals surface area (Å²) in [5.41, 5.74) is 1.58. The first-order chi connectivity index (χ1) is 14.1. The van der Waals surface area contributed by atoms with Crippen LogP contribution in [0.1, 0.15) is 27.6 Å². The molecule has 0 heterocycles. The number of amides is 1. The Labute approximate surface area is 174 Å². The van der Waals surface area contributed by atoms with Crippen molar-refractivity contribution in [3.05, 3.63) is 95.0 Å². The summed E-state index contributed by atoms with van der Waals surface area (Å²) in [6, 6.07) is 22.5. The van der Waals surface area contributed by atoms with E-state index in [2.05, 4.69) is 10.6 Å². The summed E-state index contributed by atoms with van der Waals surface area (Å²) in [6.07, 6.45) is -0.946. The summed E-state index contributed by atoms with van der Waals surface area (Å²) in [5, 5.41) is 6.39. The van der Waals surface area contributed by atoms with Gasteiger partial charge in [0.05, 0.1) is 6.61 Å². The second kappa shape index (κ2) is 9.75. The third kappa shape index (κ3) is 5.59. The Kier molecular flexibility index (Phi) is 6.87. The molecule has 0 aromatic heterocycles. The Morgan fingerprint density at radius 1 is 0.897 bits per heavy atom. The minimum absolute atomic E-state index is 0.248. The highest BCUT2D eigenvalue weighted by Crippen LogP contribution is 2.17. The van der Waals surface area contributed by atoms with Gasteiger partial charge in [0.15, 0.2) is 6.17 Å². The highest BCUT2D eigenvalue weighted by molar-refractivity contribution is 6.30. The molecule has 6 heteroatoms. The highest BCUT2D eigenvalue weighted by Gasteiger charge is 2.22. The molecule has 0 saturated heterocycles. The number of carbonyl (C=O) groups is 2. The Hall–Kier alpha value is -3.31. The summed E-state index contributed by atoms with van der Waals surface area (Å²) in [7, 11) is 0. The maximum absolute atomic E-state index is 13.0. The van der Waals surface area contributed by atoms with Gasteiger partial charge in [-0.2, -0.15) is 0 Å². The van der Waals surface area contributed by atoms with Gasteiger partial charge >= 0.3 is 0 Å². The van der Waals surface area contributed by atoms with Gasteiger partial charge in [-0.05, 0) is 55.5 Å². The topological polar surface area (TPSA) is 67.4 Å². The first-order valence-corrected chi connectivity index (χ1v) is 9.59. The van der Waals surface area contributed by atoms with Crippen LogP contribution in [-0.4, -0.2) is 24.5 Å². The molecule has 0 spiro atoms. The van der Waals surface area contributed by atoms with Crippen LogP contribution in [0.15, 0.2) is 78.9 Å². The molecule has 0 radical (unpaired) electrons. The molecule has 0 unspecified atom stereocenters. The van der Waals surface area contributed by atoms with Crippen LogP contribution >= 0.6 is 11.6 Å². The van der Waals surface area contributed by atoms with Gasteiger partial charge in [-0.25, -0.2) is 0 Å². The van der Waals surface area contributed by atoms with Crippen LogP contribution in [-0.2, 0) is 0 Å². The molecule has 5 nitrogen and oxygen atoms in total. The van der Waals surface area contributed by atoms with Crippen molar-refractivity contribution in [1.82, 2.24) is 5.32 Å². The Morgan fingerprint density at radius 2 is 1.55 bits per heavy atom. The van der Waals surface area contributed by atoms with Crippen molar-refractivity contribution in [3.63, 3.8) is 0 Å². The average molecular weight is 409 g/mol. The first kappa shape index (κ1) is 20.4. The Bertz CT molecular complexity index is 958. The SMILES string of the molecule is CCOc1ccc(N[C@H](NC(=O)c2ccc(Cl)cc2)C(=O)c2ccccc2)cc1. The van der Waals surface area contributed by atoms with E-state index in [9.17, 15) is 9.59 Å². The number of hydrogen-bond acceptors (Lipinski definition) is 4. The van der Waals surface area contributed by atoms with Crippen molar-refractivity contribution in [2.45, 2.75) is 13.1 Å². The number of hydrogen-bond donors (Lipinski definition) is 2. The van der Waals surface area contributed by atoms with Crippen LogP contribution in [0.2, 0.25) is 5.02 Å². The zero-order valence-corrected chi connectivity index (χ0v) is 16.6. The molecule has 2 N–H and O–H groups in total. The fourth-order valence-electron chi connectivity index (χ4n) is 2.73. The Balaban J connectivity index is 1.81. The smallest absolute Gasteiger partial charge is 0.253 e. The molecule has 3 aromatic carbocycles. The molecular formula is C23H21ClN2O3. The molecule has 1 amide bonds. The van der Waals surface area contributed by atoms with Crippen LogP contribution in [0.3, 0.4) is 0 Å². The summed E-state index contributed by atoms with van der Waals surface area (Å²) in [5.74, 6) is 0.102. The van der Waals surface area contributed by atoms with Gasteiger partial charge in [0, 0.05) is 21.8 Å². The van der Waals surface area contributed by atoms with Gasteiger partial charge < -0.3 is 15.4 Å². The fraction of sp³-hybridized carbons (Fsp3) is 0.130. The van der Waals surface area contributed by atoms with Crippen molar-refractivity contribution < 1.29 is 14.3 Å². The quantitative estimate of drug-likeness (QED) is 0.415. The molecule has 3 rings (SSSR count). The second-order valence-corrected chi connectivity index (χ2v) is 6.68. The third-order valence-corrected chi connectivity index (χ3v) is 4.43. The maximum atomic E-state index is 13.0. The Morgan fingerprint density at radius 3 is 2.17 bits per heavy atom. The molecule has 1 atom stereocenters. The highest BCUT2D eigenvalue weighted by atomic mass is 35.5. The van der Waals surface area contributed by atoms with E-state index in [4.69, 9.17) is 16.3 Å². The number of halogens is 1. The summed E-state index contributed by atoms with van der Waals surface area (Å²) in [6.45, 7) is 2.48. The second-order valence-electron chi connectivity index (χ2n) is 6.25. The van der Waals surface area contributed by atoms with E-state index < -0.39 is 6.17 Å². The number of nitrogens with one attached hydrogen (secondary N) is 2. The minimum Gasteiger partial charge on any atom is -0.494 e. The van der Waals surface area contributed by atoms with Crippen LogP contribution in [0.25, 0.3) is 0 Å². The number of ketones is 1. The lowest BCUT2D eigenvalue weighted by Crippen LogP contribution is -2.46. The normalized spacial score (nSPS) is 11.4. The first-order valence-electron chi connectivity index (χ1n) is 9.22. The molecule has 0 aliphatic carbocycles. The van der Waals surface area contributed by atoms with Crippen molar-refractivity contribution >= 4 is 29.0 Å². The summed E-state index contributed by atoms with van der Waals surface area (Å²) < 4.78 is 5.44. The molecule has 0 saturated carbocycles. The lowest BCUT2D eigenvalue weighted by molar-refractivity contribution is 0.0869. The monoisotopic (exact) mass is 408 g/mol. The molecule has 0 aliphatic heterocycles. The molecule has 29 heavy (non-hydrogen) atoms. The number of ether oxygens (including phenoxy) is 1. The van der Waals surface area contributed by atoms with Gasteiger partial charge in [0.1, 0.15) is 5.75 Å². The van der Waals surface area contributed by atoms with E-state index in [1.807, 2.05) is 13.0 Å². The van der Waals surface area contributed by atoms with E-state index in [0.717, 1.165) is 5.75 Å². The largest absolute Gasteiger partial charge is 0.494 e. The van der Waals surface area contributed by atoms with Crippen LogP contribution in [0.5, 0.6) is 5.75 Å². The zero-order chi connectivity index (χ0) is 20.6. The predicted octanol–water partition coefficient (Wildman–Crippen LogP) is 4.79. The summed E-state index contributed by atoms with van der Waals surface area (Å²) >= 11 is 5.89.